The maximum Gasteiger partial charge on any atom is 0.344 e. The summed E-state index contributed by atoms with van der Waals surface area (Å²) in [5.41, 5.74) is 0.591. The van der Waals surface area contributed by atoms with Gasteiger partial charge in [-0.1, -0.05) is 43.9 Å². The molecule has 0 atom stereocenters. The van der Waals surface area contributed by atoms with Gasteiger partial charge in [-0.3, -0.25) is 0 Å². The fourth-order valence-electron chi connectivity index (χ4n) is 3.29. The number of rotatable bonds is 13. The zero-order chi connectivity index (χ0) is 22.4. The molecular formula is C27H32NO4+. The maximum absolute atomic E-state index is 12.0. The monoisotopic (exact) mass is 434 g/mol. The zero-order valence-corrected chi connectivity index (χ0v) is 18.7. The Morgan fingerprint density at radius 3 is 2.06 bits per heavy atom. The Kier molecular flexibility index (Phi) is 9.59. The van der Waals surface area contributed by atoms with Gasteiger partial charge in [0.2, 0.25) is 0 Å². The summed E-state index contributed by atoms with van der Waals surface area (Å²) in [6.45, 7) is 1.19. The van der Waals surface area contributed by atoms with Crippen molar-refractivity contribution in [3.05, 3.63) is 84.7 Å². The van der Waals surface area contributed by atoms with Crippen LogP contribution in [0.3, 0.4) is 0 Å². The van der Waals surface area contributed by atoms with E-state index in [0.717, 1.165) is 55.8 Å². The van der Waals surface area contributed by atoms with Gasteiger partial charge in [0.1, 0.15) is 29.9 Å². The number of nitrogens with zero attached hydrogens (tertiary/aromatic N) is 1. The zero-order valence-electron chi connectivity index (χ0n) is 18.7. The Bertz CT molecular complexity index is 941. The van der Waals surface area contributed by atoms with Crippen molar-refractivity contribution in [3.8, 4) is 17.2 Å². The van der Waals surface area contributed by atoms with E-state index in [0.29, 0.717) is 18.8 Å². The van der Waals surface area contributed by atoms with Gasteiger partial charge >= 0.3 is 5.97 Å². The maximum atomic E-state index is 12.0. The first-order valence-corrected chi connectivity index (χ1v) is 11.3. The Balaban J connectivity index is 1.18. The fourth-order valence-corrected chi connectivity index (χ4v) is 3.29. The Hall–Kier alpha value is -3.34. The Morgan fingerprint density at radius 2 is 1.34 bits per heavy atom. The molecule has 0 aliphatic heterocycles. The summed E-state index contributed by atoms with van der Waals surface area (Å²) in [5, 5.41) is 0. The highest BCUT2D eigenvalue weighted by molar-refractivity contribution is 5.88. The number of pyridine rings is 1. The quantitative estimate of drug-likeness (QED) is 0.191. The van der Waals surface area contributed by atoms with E-state index in [-0.39, 0.29) is 5.97 Å². The van der Waals surface area contributed by atoms with Crippen LogP contribution >= 0.6 is 0 Å². The number of unbranched alkanes of at least 4 members (excludes halogenated alkanes) is 5. The average molecular weight is 435 g/mol. The van der Waals surface area contributed by atoms with Crippen LogP contribution in [0.1, 0.15) is 48.9 Å². The van der Waals surface area contributed by atoms with Gasteiger partial charge in [0, 0.05) is 6.07 Å². The van der Waals surface area contributed by atoms with Crippen LogP contribution in [0, 0.1) is 0 Å². The molecule has 0 aliphatic rings. The van der Waals surface area contributed by atoms with E-state index in [1.54, 1.807) is 12.3 Å². The molecule has 3 aromatic rings. The summed E-state index contributed by atoms with van der Waals surface area (Å²) in [6.07, 6.45) is 10.1. The smallest absolute Gasteiger partial charge is 0.344 e. The highest BCUT2D eigenvalue weighted by atomic mass is 16.5. The van der Waals surface area contributed by atoms with Crippen molar-refractivity contribution in [2.45, 2.75) is 38.5 Å². The highest BCUT2D eigenvalue weighted by Gasteiger charge is 2.09. The Labute approximate surface area is 190 Å². The third-order valence-electron chi connectivity index (χ3n) is 5.02. The van der Waals surface area contributed by atoms with Crippen LogP contribution in [0.5, 0.6) is 17.2 Å². The molecule has 1 heterocycles. The molecule has 0 fully saturated rings. The normalized spacial score (nSPS) is 10.5. The van der Waals surface area contributed by atoms with E-state index in [4.69, 9.17) is 14.2 Å². The van der Waals surface area contributed by atoms with Crippen molar-refractivity contribution >= 4 is 5.97 Å². The first-order valence-electron chi connectivity index (χ1n) is 11.3. The molecular weight excluding hydrogens is 402 g/mol. The van der Waals surface area contributed by atoms with Crippen molar-refractivity contribution in [1.82, 2.24) is 0 Å². The summed E-state index contributed by atoms with van der Waals surface area (Å²) in [6, 6.07) is 21.1. The molecule has 168 valence electrons. The van der Waals surface area contributed by atoms with Gasteiger partial charge < -0.3 is 14.2 Å². The summed E-state index contributed by atoms with van der Waals surface area (Å²) >= 11 is 0. The molecule has 0 unspecified atom stereocenters. The van der Waals surface area contributed by atoms with Crippen molar-refractivity contribution in [1.29, 1.82) is 0 Å². The van der Waals surface area contributed by atoms with E-state index in [9.17, 15) is 4.79 Å². The van der Waals surface area contributed by atoms with Crippen LogP contribution in [-0.4, -0.2) is 19.2 Å². The number of aromatic nitrogens is 1. The molecule has 0 spiro atoms. The molecule has 0 N–H and O–H groups in total. The van der Waals surface area contributed by atoms with Gasteiger partial charge in [0.25, 0.3) is 0 Å². The molecule has 0 saturated heterocycles. The van der Waals surface area contributed by atoms with Crippen LogP contribution in [-0.2, 0) is 11.8 Å². The second kappa shape index (κ2) is 13.2. The predicted octanol–water partition coefficient (Wildman–Crippen LogP) is 5.88. The summed E-state index contributed by atoms with van der Waals surface area (Å²) in [5.74, 6) is 2.23. The first kappa shape index (κ1) is 23.3. The van der Waals surface area contributed by atoms with Crippen molar-refractivity contribution in [2.75, 3.05) is 13.2 Å². The number of aryl methyl sites for hydroxylation is 1. The third kappa shape index (κ3) is 8.42. The molecule has 0 saturated carbocycles. The molecule has 0 bridgehead atoms. The van der Waals surface area contributed by atoms with Gasteiger partial charge in [-0.15, -0.1) is 0 Å². The van der Waals surface area contributed by atoms with Gasteiger partial charge in [0.15, 0.2) is 12.4 Å². The van der Waals surface area contributed by atoms with E-state index in [1.165, 1.54) is 0 Å². The topological polar surface area (TPSA) is 48.6 Å². The number of carbonyl (C=O) groups is 1. The summed E-state index contributed by atoms with van der Waals surface area (Å²) in [4.78, 5) is 12.0. The lowest BCUT2D eigenvalue weighted by Gasteiger charge is -2.08. The second-order valence-corrected chi connectivity index (χ2v) is 7.75. The summed E-state index contributed by atoms with van der Waals surface area (Å²) in [7, 11) is 1.89. The number of para-hydroxylation sites is 1. The van der Waals surface area contributed by atoms with E-state index in [1.807, 2.05) is 78.5 Å². The number of ether oxygens (including phenoxy) is 3. The number of esters is 1. The largest absolute Gasteiger partial charge is 0.494 e. The molecule has 0 amide bonds. The van der Waals surface area contributed by atoms with Crippen LogP contribution in [0.25, 0.3) is 0 Å². The highest BCUT2D eigenvalue weighted by Crippen LogP contribution is 2.23. The number of hydrogen-bond donors (Lipinski definition) is 0. The molecule has 0 aliphatic carbocycles. The average Bonchev–Trinajstić information content (AvgIpc) is 2.82. The van der Waals surface area contributed by atoms with Crippen LogP contribution < -0.4 is 14.0 Å². The minimum absolute atomic E-state index is 0.252. The van der Waals surface area contributed by atoms with Gasteiger partial charge in [-0.2, -0.15) is 0 Å². The number of hydrogen-bond acceptors (Lipinski definition) is 4. The number of carbonyl (C=O) groups excluding carboxylic acids is 1. The minimum Gasteiger partial charge on any atom is -0.494 e. The minimum atomic E-state index is -0.252. The predicted molar refractivity (Wildman–Crippen MR) is 124 cm³/mol. The van der Waals surface area contributed by atoms with Crippen molar-refractivity contribution in [3.63, 3.8) is 0 Å². The molecule has 0 radical (unpaired) electrons. The third-order valence-corrected chi connectivity index (χ3v) is 5.02. The lowest BCUT2D eigenvalue weighted by Crippen LogP contribution is -2.28. The van der Waals surface area contributed by atoms with Gasteiger partial charge in [0.05, 0.1) is 13.2 Å². The number of benzene rings is 2. The van der Waals surface area contributed by atoms with Crippen LogP contribution in [0.2, 0.25) is 0 Å². The SMILES string of the molecule is C[n+]1cccc(C(=O)OCCCCCCCCOc2ccc(Oc3ccccc3)cc2)c1. The molecule has 2 aromatic carbocycles. The van der Waals surface area contributed by atoms with Crippen LogP contribution in [0.4, 0.5) is 0 Å². The standard InChI is InChI=1S/C27H32NO4/c1-28-19-11-12-23(22-28)27(29)31-21-10-5-3-2-4-9-20-30-24-15-17-26(18-16-24)32-25-13-7-6-8-14-25/h6-8,11-19,22H,2-5,9-10,20-21H2,1H3/q+1. The van der Waals surface area contributed by atoms with Gasteiger partial charge in [-0.25, -0.2) is 9.36 Å². The molecule has 1 aromatic heterocycles. The molecule has 32 heavy (non-hydrogen) atoms. The lowest BCUT2D eigenvalue weighted by molar-refractivity contribution is -0.671. The first-order chi connectivity index (χ1) is 15.7. The van der Waals surface area contributed by atoms with E-state index in [2.05, 4.69) is 0 Å². The van der Waals surface area contributed by atoms with E-state index < -0.39 is 0 Å². The summed E-state index contributed by atoms with van der Waals surface area (Å²) < 4.78 is 18.8. The van der Waals surface area contributed by atoms with Crippen molar-refractivity contribution < 1.29 is 23.6 Å². The fraction of sp³-hybridized carbons (Fsp3) is 0.333. The van der Waals surface area contributed by atoms with Crippen molar-refractivity contribution in [2.24, 2.45) is 7.05 Å². The lowest BCUT2D eigenvalue weighted by atomic mass is 10.1. The molecule has 5 heteroatoms. The molecule has 3 rings (SSSR count). The van der Waals surface area contributed by atoms with Crippen LogP contribution in [0.15, 0.2) is 79.1 Å². The van der Waals surface area contributed by atoms with E-state index >= 15 is 0 Å². The molecule has 5 nitrogen and oxygen atoms in total. The van der Waals surface area contributed by atoms with Gasteiger partial charge in [-0.05, 0) is 55.3 Å². The Morgan fingerprint density at radius 1 is 0.719 bits per heavy atom. The second-order valence-electron chi connectivity index (χ2n) is 7.75.